The van der Waals surface area contributed by atoms with Gasteiger partial charge in [0, 0.05) is 12.5 Å². The molecule has 0 spiro atoms. The molecule has 2 rings (SSSR count). The Labute approximate surface area is 137 Å². The van der Waals surface area contributed by atoms with Crippen LogP contribution in [0.5, 0.6) is 0 Å². The van der Waals surface area contributed by atoms with Crippen LogP contribution in [-0.4, -0.2) is 60.2 Å². The lowest BCUT2D eigenvalue weighted by atomic mass is 10.1. The molecule has 0 unspecified atom stereocenters. The molecule has 0 saturated heterocycles. The molecule has 1 aromatic rings. The van der Waals surface area contributed by atoms with Gasteiger partial charge in [-0.15, -0.1) is 0 Å². The zero-order valence-corrected chi connectivity index (χ0v) is 14.0. The first kappa shape index (κ1) is 17.1. The van der Waals surface area contributed by atoms with Crippen molar-refractivity contribution in [2.75, 3.05) is 26.7 Å². The largest absolute Gasteiger partial charge is 0.353 e. The number of likely N-dealkylation sites (N-methyl/N-ethyl adjacent to an activating group) is 1. The highest BCUT2D eigenvalue weighted by molar-refractivity contribution is 6.02. The quantitative estimate of drug-likeness (QED) is 0.854. The average Bonchev–Trinajstić information content (AvgIpc) is 2.96. The summed E-state index contributed by atoms with van der Waals surface area (Å²) < 4.78 is 0. The van der Waals surface area contributed by atoms with Crippen LogP contribution in [0.4, 0.5) is 0 Å². The summed E-state index contributed by atoms with van der Waals surface area (Å²) in [6.45, 7) is 4.79. The van der Waals surface area contributed by atoms with Crippen molar-refractivity contribution >= 4 is 17.5 Å². The number of benzene rings is 1. The molecule has 0 saturated carbocycles. The summed E-state index contributed by atoms with van der Waals surface area (Å²) in [6, 6.07) is 9.97. The van der Waals surface area contributed by atoms with Gasteiger partial charge in [0.05, 0.1) is 25.3 Å². The van der Waals surface area contributed by atoms with Crippen LogP contribution in [0.25, 0.3) is 0 Å². The van der Waals surface area contributed by atoms with E-state index in [9.17, 15) is 9.59 Å². The lowest BCUT2D eigenvalue weighted by Crippen LogP contribution is -2.42. The number of rotatable bonds is 6. The molecule has 124 valence electrons. The van der Waals surface area contributed by atoms with E-state index in [1.165, 1.54) is 5.01 Å². The monoisotopic (exact) mass is 316 g/mol. The third-order valence-electron chi connectivity index (χ3n) is 3.47. The highest BCUT2D eigenvalue weighted by Crippen LogP contribution is 2.13. The van der Waals surface area contributed by atoms with Crippen molar-refractivity contribution in [1.82, 2.24) is 15.2 Å². The van der Waals surface area contributed by atoms with E-state index in [2.05, 4.69) is 10.4 Å². The minimum atomic E-state index is -0.0872. The SMILES string of the molecule is CC(C)NC(=O)CN(C)CC(=O)N1CCC(c2ccccc2)=N1. The molecule has 6 heteroatoms. The molecule has 23 heavy (non-hydrogen) atoms. The number of hydrogen-bond donors (Lipinski definition) is 1. The number of carbonyl (C=O) groups is 2. The summed E-state index contributed by atoms with van der Waals surface area (Å²) in [5.74, 6) is -0.166. The Morgan fingerprint density at radius 2 is 1.96 bits per heavy atom. The predicted molar refractivity (Wildman–Crippen MR) is 90.1 cm³/mol. The van der Waals surface area contributed by atoms with E-state index in [0.29, 0.717) is 6.54 Å². The number of amides is 2. The molecule has 1 heterocycles. The van der Waals surface area contributed by atoms with E-state index in [0.717, 1.165) is 17.7 Å². The highest BCUT2D eigenvalue weighted by atomic mass is 16.2. The van der Waals surface area contributed by atoms with Crippen LogP contribution in [-0.2, 0) is 9.59 Å². The van der Waals surface area contributed by atoms with Gasteiger partial charge in [-0.25, -0.2) is 5.01 Å². The van der Waals surface area contributed by atoms with Crippen molar-refractivity contribution in [1.29, 1.82) is 0 Å². The topological polar surface area (TPSA) is 65.0 Å². The summed E-state index contributed by atoms with van der Waals surface area (Å²) in [7, 11) is 1.76. The molecule has 1 aliphatic rings. The van der Waals surface area contributed by atoms with Gasteiger partial charge in [0.2, 0.25) is 5.91 Å². The Morgan fingerprint density at radius 3 is 2.61 bits per heavy atom. The Kier molecular flexibility index (Phi) is 5.87. The molecular weight excluding hydrogens is 292 g/mol. The zero-order chi connectivity index (χ0) is 16.8. The molecule has 1 N–H and O–H groups in total. The molecule has 0 aliphatic carbocycles. The van der Waals surface area contributed by atoms with Crippen molar-refractivity contribution in [3.63, 3.8) is 0 Å². The summed E-state index contributed by atoms with van der Waals surface area (Å²) >= 11 is 0. The number of nitrogens with zero attached hydrogens (tertiary/aromatic N) is 3. The first-order valence-corrected chi connectivity index (χ1v) is 7.87. The van der Waals surface area contributed by atoms with Crippen LogP contribution in [0.3, 0.4) is 0 Å². The van der Waals surface area contributed by atoms with Crippen molar-refractivity contribution in [3.8, 4) is 0 Å². The number of carbonyl (C=O) groups excluding carboxylic acids is 2. The molecule has 1 aliphatic heterocycles. The molecular formula is C17H24N4O2. The second-order valence-corrected chi connectivity index (χ2v) is 6.07. The van der Waals surface area contributed by atoms with E-state index in [-0.39, 0.29) is 30.9 Å². The van der Waals surface area contributed by atoms with E-state index in [4.69, 9.17) is 0 Å². The summed E-state index contributed by atoms with van der Waals surface area (Å²) in [6.07, 6.45) is 0.757. The molecule has 0 atom stereocenters. The first-order chi connectivity index (χ1) is 11.0. The van der Waals surface area contributed by atoms with Gasteiger partial charge in [-0.05, 0) is 26.5 Å². The third kappa shape index (κ3) is 5.17. The smallest absolute Gasteiger partial charge is 0.256 e. The highest BCUT2D eigenvalue weighted by Gasteiger charge is 2.22. The number of nitrogens with one attached hydrogen (secondary N) is 1. The van der Waals surface area contributed by atoms with Gasteiger partial charge in [-0.3, -0.25) is 14.5 Å². The van der Waals surface area contributed by atoms with E-state index < -0.39 is 0 Å². The second-order valence-electron chi connectivity index (χ2n) is 6.07. The van der Waals surface area contributed by atoms with Gasteiger partial charge in [0.1, 0.15) is 0 Å². The van der Waals surface area contributed by atoms with Crippen LogP contribution in [0.1, 0.15) is 25.8 Å². The van der Waals surface area contributed by atoms with E-state index >= 15 is 0 Å². The van der Waals surface area contributed by atoms with Crippen LogP contribution >= 0.6 is 0 Å². The Bertz CT molecular complexity index is 584. The third-order valence-corrected chi connectivity index (χ3v) is 3.47. The fourth-order valence-electron chi connectivity index (χ4n) is 2.45. The van der Waals surface area contributed by atoms with E-state index in [1.807, 2.05) is 44.2 Å². The summed E-state index contributed by atoms with van der Waals surface area (Å²) in [4.78, 5) is 25.7. The maximum absolute atomic E-state index is 12.3. The van der Waals surface area contributed by atoms with Crippen LogP contribution in [0.2, 0.25) is 0 Å². The van der Waals surface area contributed by atoms with Crippen LogP contribution in [0, 0.1) is 0 Å². The van der Waals surface area contributed by atoms with Crippen LogP contribution < -0.4 is 5.32 Å². The lowest BCUT2D eigenvalue weighted by Gasteiger charge is -2.19. The van der Waals surface area contributed by atoms with Gasteiger partial charge < -0.3 is 5.32 Å². The molecule has 0 aromatic heterocycles. The Morgan fingerprint density at radius 1 is 1.26 bits per heavy atom. The number of hydrazone groups is 1. The fourth-order valence-corrected chi connectivity index (χ4v) is 2.45. The summed E-state index contributed by atoms with van der Waals surface area (Å²) in [5, 5.41) is 8.72. The lowest BCUT2D eigenvalue weighted by molar-refractivity contribution is -0.132. The van der Waals surface area contributed by atoms with Crippen molar-refractivity contribution in [2.45, 2.75) is 26.3 Å². The molecule has 6 nitrogen and oxygen atoms in total. The first-order valence-electron chi connectivity index (χ1n) is 7.87. The standard InChI is InChI=1S/C17H24N4O2/c1-13(2)18-16(22)11-20(3)12-17(23)21-10-9-15(19-21)14-7-5-4-6-8-14/h4-8,13H,9-12H2,1-3H3,(H,18,22). The van der Waals surface area contributed by atoms with Crippen molar-refractivity contribution in [3.05, 3.63) is 35.9 Å². The number of hydrogen-bond acceptors (Lipinski definition) is 4. The van der Waals surface area contributed by atoms with Gasteiger partial charge in [-0.2, -0.15) is 5.10 Å². The minimum Gasteiger partial charge on any atom is -0.353 e. The maximum Gasteiger partial charge on any atom is 0.256 e. The molecule has 0 bridgehead atoms. The Hall–Kier alpha value is -2.21. The average molecular weight is 316 g/mol. The molecule has 1 aromatic carbocycles. The fraction of sp³-hybridized carbons (Fsp3) is 0.471. The minimum absolute atomic E-state index is 0.0785. The van der Waals surface area contributed by atoms with Gasteiger partial charge in [-0.1, -0.05) is 30.3 Å². The van der Waals surface area contributed by atoms with Crippen molar-refractivity contribution in [2.24, 2.45) is 5.10 Å². The summed E-state index contributed by atoms with van der Waals surface area (Å²) in [5.41, 5.74) is 1.98. The zero-order valence-electron chi connectivity index (χ0n) is 14.0. The maximum atomic E-state index is 12.3. The van der Waals surface area contributed by atoms with Gasteiger partial charge in [0.15, 0.2) is 0 Å². The van der Waals surface area contributed by atoms with Gasteiger partial charge in [0.25, 0.3) is 5.91 Å². The molecule has 2 amide bonds. The second kappa shape index (κ2) is 7.87. The van der Waals surface area contributed by atoms with E-state index in [1.54, 1.807) is 11.9 Å². The Balaban J connectivity index is 1.87. The van der Waals surface area contributed by atoms with Gasteiger partial charge >= 0.3 is 0 Å². The van der Waals surface area contributed by atoms with Crippen LogP contribution in [0.15, 0.2) is 35.4 Å². The van der Waals surface area contributed by atoms with Crippen molar-refractivity contribution < 1.29 is 9.59 Å². The predicted octanol–water partition coefficient (Wildman–Crippen LogP) is 1.08. The molecule has 0 radical (unpaired) electrons. The molecule has 0 fully saturated rings. The normalized spacial score (nSPS) is 14.3.